The van der Waals surface area contributed by atoms with E-state index in [1.54, 1.807) is 67.6 Å². The fraction of sp³-hybridized carbons (Fsp3) is 0.405. The number of ether oxygens (including phenoxy) is 3. The van der Waals surface area contributed by atoms with Crippen LogP contribution in [-0.4, -0.2) is 66.3 Å². The van der Waals surface area contributed by atoms with Crippen LogP contribution < -0.4 is 11.1 Å². The predicted molar refractivity (Wildman–Crippen MR) is 181 cm³/mol. The molecule has 54 heavy (non-hydrogen) atoms. The van der Waals surface area contributed by atoms with Gasteiger partial charge in [0.2, 0.25) is 5.91 Å². The zero-order chi connectivity index (χ0) is 40.3. The van der Waals surface area contributed by atoms with Crippen LogP contribution in [-0.2, 0) is 53.1 Å². The first kappa shape index (κ1) is 43.2. The van der Waals surface area contributed by atoms with Crippen LogP contribution in [0.3, 0.4) is 0 Å². The number of esters is 1. The standard InChI is InChI=1S/C34H35F6N3O6.C3H6O2/c1-22(24-15-26(33(35,36)37)17-27(16-24)34(38,39)40)49-21-32(25-11-7-4-8-12-25)14-13-31(29(45)47-2,42-28(44)18-41)20-43(32)30(46)48-19-23-9-5-3-6-10-23;1-2-3(4)5/h3-12,15-17,22H,13-14,18-21,41H2,1-2H3,(H,42,44);2H2,1H3,(H,4,5)/t22-,31?,32-;/m1./s1. The number of likely N-dealkylation sites (tertiary alicyclic amines) is 1. The maximum atomic E-state index is 14.0. The number of alkyl halides is 6. The SMILES string of the molecule is CCC(=O)O.COC(=O)C1(NC(=O)CN)CC[C@@](CO[C@H](C)c2cc(C(F)(F)F)cc(C(F)(F)F)c2)(c2ccccc2)N(C(=O)OCc2ccccc2)C1. The Balaban J connectivity index is 0.00000147. The van der Waals surface area contributed by atoms with Crippen molar-refractivity contribution in [1.82, 2.24) is 10.2 Å². The first-order valence-corrected chi connectivity index (χ1v) is 16.6. The molecule has 1 heterocycles. The van der Waals surface area contributed by atoms with E-state index in [-0.39, 0.29) is 31.9 Å². The number of rotatable bonds is 11. The van der Waals surface area contributed by atoms with Crippen LogP contribution in [0.4, 0.5) is 31.1 Å². The van der Waals surface area contributed by atoms with Crippen LogP contribution in [0.5, 0.6) is 0 Å². The highest BCUT2D eigenvalue weighted by Gasteiger charge is 2.56. The normalized spacial score (nSPS) is 19.1. The van der Waals surface area contributed by atoms with E-state index in [1.165, 1.54) is 11.8 Å². The van der Waals surface area contributed by atoms with Gasteiger partial charge in [-0.05, 0) is 54.7 Å². The van der Waals surface area contributed by atoms with Gasteiger partial charge in [-0.1, -0.05) is 67.6 Å². The number of halogens is 6. The second-order valence-corrected chi connectivity index (χ2v) is 12.4. The summed E-state index contributed by atoms with van der Waals surface area (Å²) in [5.41, 5.74) is -0.0922. The molecule has 0 saturated carbocycles. The molecule has 3 atom stereocenters. The summed E-state index contributed by atoms with van der Waals surface area (Å²) in [6, 6.07) is 18.2. The summed E-state index contributed by atoms with van der Waals surface area (Å²) < 4.78 is 98.6. The molecular weight excluding hydrogens is 728 g/mol. The van der Waals surface area contributed by atoms with Gasteiger partial charge in [0.25, 0.3) is 0 Å². The van der Waals surface area contributed by atoms with Gasteiger partial charge in [0.1, 0.15) is 6.61 Å². The molecule has 0 radical (unpaired) electrons. The van der Waals surface area contributed by atoms with Crippen LogP contribution in [0.2, 0.25) is 0 Å². The molecule has 1 aliphatic rings. The molecule has 0 aromatic heterocycles. The van der Waals surface area contributed by atoms with Gasteiger partial charge in [-0.3, -0.25) is 14.5 Å². The van der Waals surface area contributed by atoms with Crippen molar-refractivity contribution in [2.24, 2.45) is 5.73 Å². The number of nitrogens with zero attached hydrogens (tertiary/aromatic N) is 1. The highest BCUT2D eigenvalue weighted by molar-refractivity contribution is 5.90. The number of carboxylic acid groups (broad SMARTS) is 1. The summed E-state index contributed by atoms with van der Waals surface area (Å²) in [6.07, 6.45) is -12.4. The zero-order valence-electron chi connectivity index (χ0n) is 29.6. The average molecular weight is 770 g/mol. The minimum atomic E-state index is -5.07. The van der Waals surface area contributed by atoms with Gasteiger partial charge >= 0.3 is 30.4 Å². The lowest BCUT2D eigenvalue weighted by molar-refractivity contribution is -0.158. The first-order valence-electron chi connectivity index (χ1n) is 16.6. The van der Waals surface area contributed by atoms with Crippen molar-refractivity contribution >= 4 is 23.9 Å². The number of nitrogens with two attached hydrogens (primary N) is 1. The highest BCUT2D eigenvalue weighted by atomic mass is 19.4. The van der Waals surface area contributed by atoms with E-state index in [0.717, 1.165) is 7.11 Å². The maximum absolute atomic E-state index is 14.0. The van der Waals surface area contributed by atoms with Crippen LogP contribution in [0, 0.1) is 0 Å². The zero-order valence-corrected chi connectivity index (χ0v) is 29.6. The van der Waals surface area contributed by atoms with Crippen LogP contribution in [0.25, 0.3) is 0 Å². The van der Waals surface area contributed by atoms with Crippen molar-refractivity contribution in [2.45, 2.75) is 69.3 Å². The lowest BCUT2D eigenvalue weighted by Crippen LogP contribution is -2.70. The molecule has 1 unspecified atom stereocenters. The van der Waals surface area contributed by atoms with Crippen LogP contribution in [0.1, 0.15) is 67.0 Å². The smallest absolute Gasteiger partial charge is 0.416 e. The lowest BCUT2D eigenvalue weighted by atomic mass is 9.74. The van der Waals surface area contributed by atoms with Gasteiger partial charge in [0.05, 0.1) is 49.6 Å². The average Bonchev–Trinajstić information content (AvgIpc) is 3.15. The molecule has 294 valence electrons. The molecule has 11 nitrogen and oxygen atoms in total. The topological polar surface area (TPSA) is 157 Å². The van der Waals surface area contributed by atoms with E-state index in [2.05, 4.69) is 5.32 Å². The third-order valence-corrected chi connectivity index (χ3v) is 8.74. The maximum Gasteiger partial charge on any atom is 0.416 e. The molecule has 2 amide bonds. The first-order chi connectivity index (χ1) is 25.3. The van der Waals surface area contributed by atoms with Crippen LogP contribution in [0.15, 0.2) is 78.9 Å². The highest BCUT2D eigenvalue weighted by Crippen LogP contribution is 2.44. The summed E-state index contributed by atoms with van der Waals surface area (Å²) >= 11 is 0. The Morgan fingerprint density at radius 2 is 1.44 bits per heavy atom. The minimum absolute atomic E-state index is 0.0231. The molecule has 1 fully saturated rings. The van der Waals surface area contributed by atoms with Gasteiger partial charge in [0.15, 0.2) is 5.54 Å². The second-order valence-electron chi connectivity index (χ2n) is 12.4. The van der Waals surface area contributed by atoms with E-state index in [0.29, 0.717) is 23.3 Å². The number of benzene rings is 3. The summed E-state index contributed by atoms with van der Waals surface area (Å²) in [7, 11) is 1.10. The van der Waals surface area contributed by atoms with Crippen molar-refractivity contribution in [2.75, 3.05) is 26.8 Å². The number of hydrogen-bond acceptors (Lipinski definition) is 8. The summed E-state index contributed by atoms with van der Waals surface area (Å²) in [6.45, 7) is 1.24. The molecule has 3 aromatic rings. The molecule has 1 saturated heterocycles. The van der Waals surface area contributed by atoms with Gasteiger partial charge in [-0.15, -0.1) is 0 Å². The Bertz CT molecular complexity index is 1710. The van der Waals surface area contributed by atoms with E-state index in [9.17, 15) is 45.5 Å². The number of nitrogens with one attached hydrogen (secondary N) is 1. The Morgan fingerprint density at radius 3 is 1.93 bits per heavy atom. The monoisotopic (exact) mass is 769 g/mol. The van der Waals surface area contributed by atoms with Gasteiger partial charge in [0, 0.05) is 6.42 Å². The van der Waals surface area contributed by atoms with Crippen molar-refractivity contribution in [1.29, 1.82) is 0 Å². The van der Waals surface area contributed by atoms with E-state index >= 15 is 0 Å². The summed E-state index contributed by atoms with van der Waals surface area (Å²) in [5, 5.41) is 10.3. The Labute approximate surface area is 307 Å². The Morgan fingerprint density at radius 1 is 0.907 bits per heavy atom. The van der Waals surface area contributed by atoms with E-state index in [4.69, 9.17) is 25.1 Å². The fourth-order valence-corrected chi connectivity index (χ4v) is 5.78. The van der Waals surface area contributed by atoms with Gasteiger partial charge in [-0.25, -0.2) is 9.59 Å². The number of carbonyl (C=O) groups excluding carboxylic acids is 3. The number of methoxy groups -OCH3 is 1. The molecule has 0 aliphatic carbocycles. The molecule has 1 aliphatic heterocycles. The molecule has 17 heteroatoms. The van der Waals surface area contributed by atoms with E-state index in [1.807, 2.05) is 0 Å². The Hall–Kier alpha value is -5.16. The number of hydrogen-bond donors (Lipinski definition) is 3. The van der Waals surface area contributed by atoms with Crippen molar-refractivity contribution in [3.8, 4) is 0 Å². The van der Waals surface area contributed by atoms with Crippen molar-refractivity contribution < 1.29 is 64.8 Å². The molecule has 3 aromatic carbocycles. The second kappa shape index (κ2) is 18.2. The third-order valence-electron chi connectivity index (χ3n) is 8.74. The number of aliphatic carboxylic acids is 1. The minimum Gasteiger partial charge on any atom is -0.481 e. The summed E-state index contributed by atoms with van der Waals surface area (Å²) in [5.74, 6) is -2.34. The quantitative estimate of drug-likeness (QED) is 0.145. The largest absolute Gasteiger partial charge is 0.481 e. The summed E-state index contributed by atoms with van der Waals surface area (Å²) in [4.78, 5) is 50.4. The molecule has 0 spiro atoms. The number of amides is 2. The molecule has 0 bridgehead atoms. The molecule has 4 N–H and O–H groups in total. The fourth-order valence-electron chi connectivity index (χ4n) is 5.78. The number of carboxylic acids is 1. The number of piperidine rings is 1. The van der Waals surface area contributed by atoms with Gasteiger partial charge < -0.3 is 30.4 Å². The van der Waals surface area contributed by atoms with E-state index < -0.39 is 89.9 Å². The van der Waals surface area contributed by atoms with Gasteiger partial charge in [-0.2, -0.15) is 26.3 Å². The molecular formula is C37H41F6N3O8. The Kier molecular flexibility index (Phi) is 14.6. The lowest BCUT2D eigenvalue weighted by Gasteiger charge is -2.52. The third kappa shape index (κ3) is 10.9. The van der Waals surface area contributed by atoms with Crippen molar-refractivity contribution in [3.05, 3.63) is 107 Å². The van der Waals surface area contributed by atoms with Crippen molar-refractivity contribution in [3.63, 3.8) is 0 Å². The molecule has 4 rings (SSSR count). The van der Waals surface area contributed by atoms with Crippen LogP contribution >= 0.6 is 0 Å². The predicted octanol–water partition coefficient (Wildman–Crippen LogP) is 6.60. The number of carbonyl (C=O) groups is 4.